The van der Waals surface area contributed by atoms with E-state index in [1.54, 1.807) is 0 Å². The Morgan fingerprint density at radius 3 is 2.60 bits per heavy atom. The van der Waals surface area contributed by atoms with Gasteiger partial charge in [-0.15, -0.1) is 0 Å². The molecule has 0 spiro atoms. The van der Waals surface area contributed by atoms with Gasteiger partial charge in [0.25, 0.3) is 0 Å². The van der Waals surface area contributed by atoms with Crippen molar-refractivity contribution >= 4 is 15.9 Å². The van der Waals surface area contributed by atoms with Crippen molar-refractivity contribution in [1.82, 2.24) is 10.2 Å². The van der Waals surface area contributed by atoms with Crippen molar-refractivity contribution in [3.63, 3.8) is 0 Å². The number of likely N-dealkylation sites (N-methyl/N-ethyl adjacent to an activating group) is 1. The quantitative estimate of drug-likeness (QED) is 0.885. The monoisotopic (exact) mass is 270 g/mol. The predicted octanol–water partition coefficient (Wildman–Crippen LogP) is 2.66. The lowest BCUT2D eigenvalue weighted by molar-refractivity contribution is 0.389. The summed E-state index contributed by atoms with van der Waals surface area (Å²) in [4.78, 5) is 2.18. The molecule has 0 aliphatic carbocycles. The van der Waals surface area contributed by atoms with Crippen molar-refractivity contribution in [2.75, 3.05) is 27.2 Å². The van der Waals surface area contributed by atoms with E-state index in [4.69, 9.17) is 0 Å². The highest BCUT2D eigenvalue weighted by Gasteiger charge is 2.07. The van der Waals surface area contributed by atoms with Gasteiger partial charge in [-0.2, -0.15) is 0 Å². The van der Waals surface area contributed by atoms with Gasteiger partial charge in [0.2, 0.25) is 0 Å². The molecule has 0 saturated heterocycles. The minimum Gasteiger partial charge on any atom is -0.309 e. The highest BCUT2D eigenvalue weighted by Crippen LogP contribution is 2.22. The summed E-state index contributed by atoms with van der Waals surface area (Å²) in [6, 6.07) is 8.74. The van der Waals surface area contributed by atoms with E-state index in [9.17, 15) is 0 Å². The maximum absolute atomic E-state index is 3.57. The molecule has 3 heteroatoms. The molecule has 84 valence electrons. The highest BCUT2D eigenvalue weighted by molar-refractivity contribution is 9.10. The maximum Gasteiger partial charge on any atom is 0.0303 e. The Bertz CT molecular complexity index is 299. The van der Waals surface area contributed by atoms with Gasteiger partial charge >= 0.3 is 0 Å². The Kier molecular flexibility index (Phi) is 5.29. The second kappa shape index (κ2) is 6.26. The number of rotatable bonds is 5. The Balaban J connectivity index is 2.47. The summed E-state index contributed by atoms with van der Waals surface area (Å²) in [6.45, 7) is 4.26. The van der Waals surface area contributed by atoms with Gasteiger partial charge in [-0.05, 0) is 32.6 Å². The number of benzene rings is 1. The molecule has 1 aromatic carbocycles. The molecule has 1 N–H and O–H groups in total. The molecule has 0 saturated carbocycles. The molecular weight excluding hydrogens is 252 g/mol. The fourth-order valence-electron chi connectivity index (χ4n) is 1.44. The van der Waals surface area contributed by atoms with E-state index in [-0.39, 0.29) is 0 Å². The molecule has 0 unspecified atom stereocenters. The Hall–Kier alpha value is -0.380. The molecule has 15 heavy (non-hydrogen) atoms. The summed E-state index contributed by atoms with van der Waals surface area (Å²) in [5.74, 6) is 0. The lowest BCUT2D eigenvalue weighted by atomic mass is 10.1. The minimum atomic E-state index is 0.389. The number of halogens is 1. The topological polar surface area (TPSA) is 15.3 Å². The molecule has 0 aliphatic heterocycles. The van der Waals surface area contributed by atoms with Crippen LogP contribution in [0.3, 0.4) is 0 Å². The van der Waals surface area contributed by atoms with Crippen LogP contribution in [0.5, 0.6) is 0 Å². The molecule has 1 rings (SSSR count). The van der Waals surface area contributed by atoms with Crippen molar-refractivity contribution in [2.45, 2.75) is 13.0 Å². The summed E-state index contributed by atoms with van der Waals surface area (Å²) in [5, 5.41) is 3.50. The minimum absolute atomic E-state index is 0.389. The largest absolute Gasteiger partial charge is 0.309 e. The van der Waals surface area contributed by atoms with Gasteiger partial charge < -0.3 is 10.2 Å². The normalized spacial score (nSPS) is 13.1. The fraction of sp³-hybridized carbons (Fsp3) is 0.500. The molecule has 0 aliphatic rings. The Morgan fingerprint density at radius 2 is 2.00 bits per heavy atom. The van der Waals surface area contributed by atoms with Crippen molar-refractivity contribution in [3.05, 3.63) is 34.3 Å². The zero-order valence-electron chi connectivity index (χ0n) is 9.63. The van der Waals surface area contributed by atoms with Crippen molar-refractivity contribution in [1.29, 1.82) is 0 Å². The van der Waals surface area contributed by atoms with E-state index in [1.165, 1.54) is 10.0 Å². The number of nitrogens with one attached hydrogen (secondary N) is 1. The lowest BCUT2D eigenvalue weighted by Gasteiger charge is -2.17. The summed E-state index contributed by atoms with van der Waals surface area (Å²) in [7, 11) is 4.18. The van der Waals surface area contributed by atoms with Crippen LogP contribution in [0.1, 0.15) is 18.5 Å². The van der Waals surface area contributed by atoms with Crippen LogP contribution in [-0.2, 0) is 0 Å². The third-order valence-corrected chi connectivity index (χ3v) is 3.10. The van der Waals surface area contributed by atoms with Crippen molar-refractivity contribution in [2.24, 2.45) is 0 Å². The first-order valence-electron chi connectivity index (χ1n) is 5.24. The smallest absolute Gasteiger partial charge is 0.0303 e. The number of hydrogen-bond acceptors (Lipinski definition) is 2. The zero-order chi connectivity index (χ0) is 11.3. The van der Waals surface area contributed by atoms with E-state index in [0.29, 0.717) is 6.04 Å². The molecular formula is C12H19BrN2. The van der Waals surface area contributed by atoms with Crippen LogP contribution in [-0.4, -0.2) is 32.1 Å². The summed E-state index contributed by atoms with van der Waals surface area (Å²) in [5.41, 5.74) is 1.32. The first-order chi connectivity index (χ1) is 7.11. The first-order valence-corrected chi connectivity index (χ1v) is 6.03. The standard InChI is InChI=1S/C12H19BrN2/c1-10(14-8-9-15(2)3)11-6-4-5-7-12(11)13/h4-7,10,14H,8-9H2,1-3H3/t10-/m0/s1. The van der Waals surface area contributed by atoms with Crippen LogP contribution >= 0.6 is 15.9 Å². The van der Waals surface area contributed by atoms with E-state index in [2.05, 4.69) is 65.4 Å². The molecule has 1 atom stereocenters. The van der Waals surface area contributed by atoms with Crippen molar-refractivity contribution < 1.29 is 0 Å². The molecule has 2 nitrogen and oxygen atoms in total. The van der Waals surface area contributed by atoms with Gasteiger partial charge in [0.1, 0.15) is 0 Å². The molecule has 0 heterocycles. The van der Waals surface area contributed by atoms with Crippen LogP contribution < -0.4 is 5.32 Å². The third kappa shape index (κ3) is 4.33. The summed E-state index contributed by atoms with van der Waals surface area (Å²) < 4.78 is 1.18. The van der Waals surface area contributed by atoms with Gasteiger partial charge in [0.05, 0.1) is 0 Å². The molecule has 0 aromatic heterocycles. The van der Waals surface area contributed by atoms with Crippen LogP contribution in [0.25, 0.3) is 0 Å². The maximum atomic E-state index is 3.57. The van der Waals surface area contributed by atoms with E-state index in [1.807, 2.05) is 6.07 Å². The second-order valence-electron chi connectivity index (χ2n) is 4.00. The first kappa shape index (κ1) is 12.7. The van der Waals surface area contributed by atoms with Crippen molar-refractivity contribution in [3.8, 4) is 0 Å². The van der Waals surface area contributed by atoms with Gasteiger partial charge in [0.15, 0.2) is 0 Å². The molecule has 0 fully saturated rings. The summed E-state index contributed by atoms with van der Waals surface area (Å²) >= 11 is 3.57. The summed E-state index contributed by atoms with van der Waals surface area (Å²) in [6.07, 6.45) is 0. The second-order valence-corrected chi connectivity index (χ2v) is 4.85. The third-order valence-electron chi connectivity index (χ3n) is 2.38. The molecule has 1 aromatic rings. The van der Waals surface area contributed by atoms with Gasteiger partial charge in [-0.25, -0.2) is 0 Å². The molecule has 0 bridgehead atoms. The zero-order valence-corrected chi connectivity index (χ0v) is 11.2. The average Bonchev–Trinajstić information content (AvgIpc) is 2.17. The predicted molar refractivity (Wildman–Crippen MR) is 69.1 cm³/mol. The van der Waals surface area contributed by atoms with E-state index in [0.717, 1.165) is 13.1 Å². The molecule has 0 amide bonds. The van der Waals surface area contributed by atoms with Gasteiger partial charge in [0, 0.05) is 23.6 Å². The average molecular weight is 271 g/mol. The van der Waals surface area contributed by atoms with Crippen LogP contribution in [0.2, 0.25) is 0 Å². The van der Waals surface area contributed by atoms with Crippen LogP contribution in [0.15, 0.2) is 28.7 Å². The Morgan fingerprint density at radius 1 is 1.33 bits per heavy atom. The SMILES string of the molecule is C[C@H](NCCN(C)C)c1ccccc1Br. The number of nitrogens with zero attached hydrogens (tertiary/aromatic N) is 1. The van der Waals surface area contributed by atoms with Crippen LogP contribution in [0, 0.1) is 0 Å². The van der Waals surface area contributed by atoms with E-state index >= 15 is 0 Å². The van der Waals surface area contributed by atoms with Gasteiger partial charge in [-0.1, -0.05) is 34.1 Å². The van der Waals surface area contributed by atoms with E-state index < -0.39 is 0 Å². The Labute approximate surface area is 101 Å². The lowest BCUT2D eigenvalue weighted by Crippen LogP contribution is -2.28. The number of hydrogen-bond donors (Lipinski definition) is 1. The van der Waals surface area contributed by atoms with Crippen LogP contribution in [0.4, 0.5) is 0 Å². The fourth-order valence-corrected chi connectivity index (χ4v) is 2.07. The highest BCUT2D eigenvalue weighted by atomic mass is 79.9. The van der Waals surface area contributed by atoms with Gasteiger partial charge in [-0.3, -0.25) is 0 Å². The molecule has 0 radical (unpaired) electrons.